The SMILES string of the molecule is CCC[CH2][Sn][CH2]CCC.O.O.O.O.O.O.O.O.O.O.O.O.O=C(O)CC(C[CH2][Sn][CH2]CC(CC(=O)O)C(=O)O)C(=O)O.O=C(O)CC([CH2][Sn][CH2]C(CC(=O)O)C(=O)O)C(=O)O.O=C(O)CC[CH2][Sn][CH2]CCC(=O)O.O=C(O)C[CH2][Sn][CH2]CC(=O)O.O=C(O)[CH2][Sn][CH2]C(=O)O.[CH3][Sn]([CH3])([CH2]CC(=O)O)[CH2]CC(=O)O. The molecule has 0 saturated carbocycles. The van der Waals surface area contributed by atoms with Gasteiger partial charge in [0, 0.05) is 0 Å². The average molecular weight is 2330 g/mol. The molecule has 51 heteroatoms. The van der Waals surface area contributed by atoms with Crippen molar-refractivity contribution in [2.45, 2.75) is 201 Å². The van der Waals surface area contributed by atoms with Crippen LogP contribution in [0, 0.1) is 23.7 Å². The number of carboxylic acids is 16. The first-order chi connectivity index (χ1) is 44.1. The van der Waals surface area contributed by atoms with Crippen LogP contribution in [0.25, 0.3) is 0 Å². The minimum atomic E-state index is -2.30. The van der Waals surface area contributed by atoms with Crippen molar-refractivity contribution >= 4 is 241 Å². The summed E-state index contributed by atoms with van der Waals surface area (Å²) in [5, 5.41) is 136. The van der Waals surface area contributed by atoms with Gasteiger partial charge in [-0.15, -0.1) is 0 Å². The van der Waals surface area contributed by atoms with Crippen molar-refractivity contribution in [3.63, 3.8) is 0 Å². The number of hydrogen-bond donors (Lipinski definition) is 16. The van der Waals surface area contributed by atoms with Gasteiger partial charge < -0.3 is 65.7 Å². The molecule has 0 aliphatic carbocycles. The molecular weight excluding hydrogens is 2210 g/mol. The van der Waals surface area contributed by atoms with E-state index in [4.69, 9.17) is 81.7 Å². The molecule has 0 fully saturated rings. The normalized spacial score (nSPS) is 10.1. The third kappa shape index (κ3) is 145. The van der Waals surface area contributed by atoms with Crippen LogP contribution in [-0.4, -0.2) is 388 Å². The number of aliphatic carboxylic acids is 16. The van der Waals surface area contributed by atoms with Gasteiger partial charge in [-0.1, -0.05) is 0 Å². The van der Waals surface area contributed by atoms with Crippen LogP contribution in [0.4, 0.5) is 0 Å². The number of carbonyl (C=O) groups is 16. The van der Waals surface area contributed by atoms with Crippen LogP contribution in [-0.2, 0) is 76.7 Å². The summed E-state index contributed by atoms with van der Waals surface area (Å²) in [5.74, 6) is -19.6. The quantitative estimate of drug-likeness (QED) is 0.0211. The van der Waals surface area contributed by atoms with Crippen LogP contribution >= 0.6 is 0 Å². The maximum absolute atomic E-state index is 10.8. The van der Waals surface area contributed by atoms with Gasteiger partial charge in [-0.3, -0.25) is 0 Å². The first-order valence-electron chi connectivity index (χ1n) is 29.9. The number of rotatable bonds is 52. The fourth-order valence-electron chi connectivity index (χ4n) is 6.46. The van der Waals surface area contributed by atoms with Gasteiger partial charge in [-0.2, -0.15) is 0 Å². The van der Waals surface area contributed by atoms with Crippen molar-refractivity contribution in [1.82, 2.24) is 0 Å². The summed E-state index contributed by atoms with van der Waals surface area (Å²) in [5.41, 5.74) is 0. The number of hydrogen-bond acceptors (Lipinski definition) is 16. The van der Waals surface area contributed by atoms with E-state index in [0.717, 1.165) is 39.5 Å². The summed E-state index contributed by atoms with van der Waals surface area (Å²) < 4.78 is 10.1. The summed E-state index contributed by atoms with van der Waals surface area (Å²) in [4.78, 5) is 170. The Labute approximate surface area is 683 Å². The Morgan fingerprint density at radius 3 is 0.692 bits per heavy atom. The molecule has 636 valence electrons. The molecule has 0 aromatic rings. The molecule has 0 aliphatic rings. The minimum absolute atomic E-state index is 0. The molecule has 4 atom stereocenters. The van der Waals surface area contributed by atoms with E-state index >= 15 is 0 Å². The predicted octanol–water partition coefficient (Wildman–Crippen LogP) is -3.16. The molecule has 0 rings (SSSR count). The van der Waals surface area contributed by atoms with Crippen LogP contribution in [0.1, 0.15) is 129 Å². The van der Waals surface area contributed by atoms with Gasteiger partial charge in [-0.05, 0) is 0 Å². The van der Waals surface area contributed by atoms with E-state index < -0.39 is 269 Å². The van der Waals surface area contributed by atoms with Crippen LogP contribution in [0.15, 0.2) is 0 Å². The fraction of sp³-hybridized carbons (Fsp3) is 0.714. The van der Waals surface area contributed by atoms with E-state index in [9.17, 15) is 76.7 Å². The van der Waals surface area contributed by atoms with Gasteiger partial charge in [0.15, 0.2) is 0 Å². The zero-order valence-corrected chi connectivity index (χ0v) is 80.1. The average Bonchev–Trinajstić information content (AvgIpc) is 0.945. The molecule has 44 nitrogen and oxygen atoms in total. The molecule has 0 spiro atoms. The molecule has 4 unspecified atom stereocenters. The fourth-order valence-corrected chi connectivity index (χ4v) is 32.2. The van der Waals surface area contributed by atoms with Crippen molar-refractivity contribution in [3.8, 4) is 0 Å². The van der Waals surface area contributed by atoms with Gasteiger partial charge in [-0.25, -0.2) is 0 Å². The first-order valence-corrected chi connectivity index (χ1v) is 63.8. The molecule has 40 N–H and O–H groups in total. The van der Waals surface area contributed by atoms with E-state index in [-0.39, 0.29) is 156 Å². The Kier molecular flexibility index (Phi) is 149. The van der Waals surface area contributed by atoms with Crippen LogP contribution < -0.4 is 0 Å². The summed E-state index contributed by atoms with van der Waals surface area (Å²) in [6, 6.07) is 0. The van der Waals surface area contributed by atoms with Crippen molar-refractivity contribution in [1.29, 1.82) is 0 Å². The standard InChI is InChI=1S/2C6H9O4.2C5H7O4.2C4H7O2.2C4H9.4C3H5O2.2C2H3O2.2CH3.12H2O.7Sn/c2*1-2-4(6(9)10)3-5(7)8;2*1-3(5(8)9)2-4(6)7;2*1-2-3-4(5)6;2*1-3-4-2;4*1-2-3(4)5;2*1-2(3)4;;;;;;;;;;;;;;;;;;;;;/h2*4H,1-3H2,(H,7,8)(H,9,10);2*3H,1-2H2,(H,6,7)(H,8,9);2*1-3H2,(H,5,6);2*1,3-4H2,2H3;4*1-2H2,(H,4,5);2*1H2,(H,3,4);2*1H3;12*1H2;;;;;;;. The number of carboxylic acid groups (broad SMARTS) is 16. The molecule has 0 heterocycles. The molecule has 0 saturated heterocycles. The topological polar surface area (TPSA) is 975 Å². The molecular formula is C56H120O44Sn7. The Bertz CT molecular complexity index is 2130. The third-order valence-corrected chi connectivity index (χ3v) is 43.7. The monoisotopic (exact) mass is 2340 g/mol. The second-order valence-corrected chi connectivity index (χ2v) is 60.6. The molecule has 0 bridgehead atoms. The van der Waals surface area contributed by atoms with Crippen molar-refractivity contribution in [2.75, 3.05) is 0 Å². The van der Waals surface area contributed by atoms with Gasteiger partial charge in [0.1, 0.15) is 0 Å². The van der Waals surface area contributed by atoms with Crippen molar-refractivity contribution in [2.24, 2.45) is 23.7 Å². The zero-order chi connectivity index (χ0) is 74.9. The van der Waals surface area contributed by atoms with Gasteiger partial charge in [0.2, 0.25) is 0 Å². The predicted molar refractivity (Wildman–Crippen MR) is 393 cm³/mol. The second kappa shape index (κ2) is 105. The van der Waals surface area contributed by atoms with E-state index in [1.807, 2.05) is 0 Å². The summed E-state index contributed by atoms with van der Waals surface area (Å²) in [6.07, 6.45) is 7.49. The van der Waals surface area contributed by atoms with E-state index in [2.05, 4.69) is 23.7 Å². The Hall–Kier alpha value is -3.37. The Morgan fingerprint density at radius 1 is 0.252 bits per heavy atom. The maximum atomic E-state index is 10.8. The molecule has 0 aromatic carbocycles. The summed E-state index contributed by atoms with van der Waals surface area (Å²) in [7, 11) is 0. The molecule has 107 heavy (non-hydrogen) atoms. The molecule has 0 aromatic heterocycles. The van der Waals surface area contributed by atoms with Gasteiger partial charge >= 0.3 is 624 Å². The Balaban J connectivity index is -0.0000000497. The molecule has 0 aliphatic heterocycles. The molecule has 0 amide bonds. The third-order valence-electron chi connectivity index (χ3n) is 11.7. The van der Waals surface area contributed by atoms with Crippen LogP contribution in [0.2, 0.25) is 72.0 Å². The summed E-state index contributed by atoms with van der Waals surface area (Å²) in [6.45, 7) is 4.58. The summed E-state index contributed by atoms with van der Waals surface area (Å²) >= 11 is -6.85. The Morgan fingerprint density at radius 2 is 0.477 bits per heavy atom. The van der Waals surface area contributed by atoms with E-state index in [1.54, 1.807) is 8.87 Å². The van der Waals surface area contributed by atoms with Gasteiger partial charge in [0.05, 0.1) is 0 Å². The van der Waals surface area contributed by atoms with Crippen molar-refractivity contribution < 1.29 is 224 Å². The number of unbranched alkanes of at least 4 members (excludes halogenated alkanes) is 2. The van der Waals surface area contributed by atoms with Crippen LogP contribution in [0.5, 0.6) is 0 Å². The zero-order valence-electron chi connectivity index (χ0n) is 60.1. The van der Waals surface area contributed by atoms with Crippen LogP contribution in [0.3, 0.4) is 0 Å². The van der Waals surface area contributed by atoms with Gasteiger partial charge in [0.25, 0.3) is 0 Å². The second-order valence-electron chi connectivity index (χ2n) is 21.1. The van der Waals surface area contributed by atoms with Crippen molar-refractivity contribution in [3.05, 3.63) is 0 Å². The van der Waals surface area contributed by atoms with E-state index in [0.29, 0.717) is 8.87 Å². The molecule has 12 radical (unpaired) electrons. The van der Waals surface area contributed by atoms with E-state index in [1.165, 1.54) is 25.7 Å². The first kappa shape index (κ1) is 152.